The largest absolute Gasteiger partial charge is 0.295 e. The van der Waals surface area contributed by atoms with Crippen LogP contribution < -0.4 is 5.09 Å². The molecule has 0 aromatic heterocycles. The first kappa shape index (κ1) is 20.3. The van der Waals surface area contributed by atoms with Gasteiger partial charge in [0.05, 0.1) is 0 Å². The maximum Gasteiger partial charge on any atom is 0.0178 e. The van der Waals surface area contributed by atoms with Crippen LogP contribution in [-0.2, 0) is 0 Å². The summed E-state index contributed by atoms with van der Waals surface area (Å²) in [5.41, 5.74) is 4.42. The molecule has 3 rings (SSSR count). The fraction of sp³-hybridized carbons (Fsp3) is 0.455. The van der Waals surface area contributed by atoms with Gasteiger partial charge in [-0.05, 0) is 81.8 Å². The molecule has 2 atom stereocenters. The molecular formula is C22H30NPS2. The molecule has 0 bridgehead atoms. The molecule has 0 spiro atoms. The third kappa shape index (κ3) is 4.87. The summed E-state index contributed by atoms with van der Waals surface area (Å²) in [6.07, 6.45) is 9.44. The zero-order valence-corrected chi connectivity index (χ0v) is 18.6. The van der Waals surface area contributed by atoms with Crippen LogP contribution in [0.5, 0.6) is 0 Å². The van der Waals surface area contributed by atoms with Gasteiger partial charge in [-0.1, -0.05) is 37.6 Å². The van der Waals surface area contributed by atoms with Crippen LogP contribution >= 0.6 is 31.6 Å². The Morgan fingerprint density at radius 2 is 1.31 bits per heavy atom. The molecule has 1 aliphatic heterocycles. The van der Waals surface area contributed by atoms with E-state index < -0.39 is 0 Å². The van der Waals surface area contributed by atoms with Gasteiger partial charge in [0.2, 0.25) is 0 Å². The highest BCUT2D eigenvalue weighted by Gasteiger charge is 2.37. The number of hydrogen-bond acceptors (Lipinski definition) is 3. The Labute approximate surface area is 168 Å². The number of benzene rings is 2. The van der Waals surface area contributed by atoms with Gasteiger partial charge in [-0.15, -0.1) is 23.5 Å². The second-order valence-electron chi connectivity index (χ2n) is 6.82. The topological polar surface area (TPSA) is 12.0 Å². The summed E-state index contributed by atoms with van der Waals surface area (Å²) >= 11 is 3.65. The fourth-order valence-corrected chi connectivity index (χ4v) is 7.67. The SMILES string of the molecule is CCCCNP1[C@H](c2ccc(SC)cc2)CC[C@H]1c1ccc(SC)cc1. The van der Waals surface area contributed by atoms with E-state index in [1.54, 1.807) is 0 Å². The average molecular weight is 404 g/mol. The van der Waals surface area contributed by atoms with Crippen LogP contribution in [0, 0.1) is 0 Å². The molecule has 26 heavy (non-hydrogen) atoms. The Morgan fingerprint density at radius 3 is 1.69 bits per heavy atom. The third-order valence-electron chi connectivity index (χ3n) is 5.21. The lowest BCUT2D eigenvalue weighted by atomic mass is 10.0. The number of nitrogens with one attached hydrogen (secondary N) is 1. The highest BCUT2D eigenvalue weighted by molar-refractivity contribution is 7.98. The summed E-state index contributed by atoms with van der Waals surface area (Å²) in [7, 11) is -0.228. The number of thioether (sulfide) groups is 2. The third-order valence-corrected chi connectivity index (χ3v) is 9.74. The Bertz CT molecular complexity index is 616. The minimum absolute atomic E-state index is 0.228. The molecule has 0 saturated carbocycles. The Hall–Kier alpha value is -0.470. The molecular weight excluding hydrogens is 373 g/mol. The normalized spacial score (nSPS) is 20.6. The Kier molecular flexibility index (Phi) is 7.93. The van der Waals surface area contributed by atoms with Crippen molar-refractivity contribution < 1.29 is 0 Å². The van der Waals surface area contributed by atoms with Crippen LogP contribution in [0.15, 0.2) is 58.3 Å². The van der Waals surface area contributed by atoms with Crippen LogP contribution in [0.4, 0.5) is 0 Å². The van der Waals surface area contributed by atoms with Crippen LogP contribution in [-0.4, -0.2) is 19.1 Å². The summed E-state index contributed by atoms with van der Waals surface area (Å²) in [4.78, 5) is 2.72. The van der Waals surface area contributed by atoms with Crippen molar-refractivity contribution in [3.05, 3.63) is 59.7 Å². The van der Waals surface area contributed by atoms with E-state index >= 15 is 0 Å². The molecule has 140 valence electrons. The highest BCUT2D eigenvalue weighted by Crippen LogP contribution is 2.67. The van der Waals surface area contributed by atoms with Gasteiger partial charge in [0.1, 0.15) is 0 Å². The molecule has 0 unspecified atom stereocenters. The number of rotatable bonds is 8. The van der Waals surface area contributed by atoms with E-state index in [9.17, 15) is 0 Å². The molecule has 1 saturated heterocycles. The van der Waals surface area contributed by atoms with Crippen molar-refractivity contribution in [1.29, 1.82) is 0 Å². The van der Waals surface area contributed by atoms with E-state index in [-0.39, 0.29) is 8.07 Å². The molecule has 1 nitrogen and oxygen atoms in total. The maximum absolute atomic E-state index is 3.99. The van der Waals surface area contributed by atoms with Crippen molar-refractivity contribution in [2.24, 2.45) is 0 Å². The molecule has 2 aromatic carbocycles. The van der Waals surface area contributed by atoms with E-state index in [1.165, 1.54) is 46.6 Å². The lowest BCUT2D eigenvalue weighted by Crippen LogP contribution is -2.13. The van der Waals surface area contributed by atoms with E-state index in [0.717, 1.165) is 6.54 Å². The Balaban J connectivity index is 1.81. The quantitative estimate of drug-likeness (QED) is 0.278. The zero-order valence-electron chi connectivity index (χ0n) is 16.1. The van der Waals surface area contributed by atoms with Crippen molar-refractivity contribution in [1.82, 2.24) is 5.09 Å². The molecule has 0 aliphatic carbocycles. The van der Waals surface area contributed by atoms with Crippen molar-refractivity contribution >= 4 is 31.6 Å². The number of hydrogen-bond donors (Lipinski definition) is 1. The molecule has 2 aromatic rings. The Morgan fingerprint density at radius 1 is 0.846 bits per heavy atom. The summed E-state index contributed by atoms with van der Waals surface area (Å²) in [6.45, 7) is 3.43. The molecule has 1 N–H and O–H groups in total. The van der Waals surface area contributed by atoms with Crippen LogP contribution in [0.3, 0.4) is 0 Å². The van der Waals surface area contributed by atoms with Crippen molar-refractivity contribution in [3.8, 4) is 0 Å². The van der Waals surface area contributed by atoms with E-state index in [4.69, 9.17) is 0 Å². The highest BCUT2D eigenvalue weighted by atomic mass is 32.2. The first-order valence-electron chi connectivity index (χ1n) is 9.56. The molecule has 4 heteroatoms. The first-order valence-corrected chi connectivity index (χ1v) is 13.5. The first-order chi connectivity index (χ1) is 12.8. The summed E-state index contributed by atoms with van der Waals surface area (Å²) in [6, 6.07) is 18.6. The van der Waals surface area contributed by atoms with Crippen LogP contribution in [0.25, 0.3) is 0 Å². The van der Waals surface area contributed by atoms with E-state index in [1.807, 2.05) is 23.5 Å². The molecule has 1 fully saturated rings. The maximum atomic E-state index is 3.99. The summed E-state index contributed by atoms with van der Waals surface area (Å²) in [5.74, 6) is 0. The van der Waals surface area contributed by atoms with Crippen LogP contribution in [0.2, 0.25) is 0 Å². The molecule has 0 amide bonds. The van der Waals surface area contributed by atoms with E-state index in [0.29, 0.717) is 11.3 Å². The predicted molar refractivity (Wildman–Crippen MR) is 121 cm³/mol. The van der Waals surface area contributed by atoms with Crippen molar-refractivity contribution in [2.45, 2.75) is 53.7 Å². The lowest BCUT2D eigenvalue weighted by molar-refractivity contribution is 0.764. The smallest absolute Gasteiger partial charge is 0.0178 e. The second kappa shape index (κ2) is 10.2. The lowest BCUT2D eigenvalue weighted by Gasteiger charge is -2.27. The van der Waals surface area contributed by atoms with Gasteiger partial charge < -0.3 is 0 Å². The van der Waals surface area contributed by atoms with Gasteiger partial charge in [0, 0.05) is 21.1 Å². The molecule has 1 heterocycles. The fourth-order valence-electron chi connectivity index (χ4n) is 3.72. The van der Waals surface area contributed by atoms with Gasteiger partial charge in [0.15, 0.2) is 0 Å². The predicted octanol–water partition coefficient (Wildman–Crippen LogP) is 7.49. The number of unbranched alkanes of at least 4 members (excludes halogenated alkanes) is 1. The molecule has 1 aliphatic rings. The van der Waals surface area contributed by atoms with Gasteiger partial charge in [-0.3, -0.25) is 5.09 Å². The average Bonchev–Trinajstić information content (AvgIpc) is 3.12. The summed E-state index contributed by atoms with van der Waals surface area (Å²) in [5, 5.41) is 3.99. The van der Waals surface area contributed by atoms with Gasteiger partial charge in [0.25, 0.3) is 0 Å². The standard InChI is InChI=1S/C22H30NPS2/c1-4-5-16-23-24-21(17-6-10-19(25-2)11-7-17)14-15-22(24)18-8-12-20(26-3)13-9-18/h6-13,21-23H,4-5,14-16H2,1-3H3/t21-,22-/m0/s1. The van der Waals surface area contributed by atoms with Crippen LogP contribution in [0.1, 0.15) is 55.1 Å². The van der Waals surface area contributed by atoms with Gasteiger partial charge in [-0.25, -0.2) is 0 Å². The van der Waals surface area contributed by atoms with Gasteiger partial charge >= 0.3 is 0 Å². The second-order valence-corrected chi connectivity index (χ2v) is 11.0. The monoisotopic (exact) mass is 403 g/mol. The van der Waals surface area contributed by atoms with E-state index in [2.05, 4.69) is 73.1 Å². The summed E-state index contributed by atoms with van der Waals surface area (Å²) < 4.78 is 0. The zero-order chi connectivity index (χ0) is 18.4. The minimum atomic E-state index is -0.228. The molecule has 0 radical (unpaired) electrons. The van der Waals surface area contributed by atoms with Crippen molar-refractivity contribution in [3.63, 3.8) is 0 Å². The minimum Gasteiger partial charge on any atom is -0.295 e. The van der Waals surface area contributed by atoms with Gasteiger partial charge in [-0.2, -0.15) is 0 Å². The van der Waals surface area contributed by atoms with Crippen molar-refractivity contribution in [2.75, 3.05) is 19.1 Å².